The lowest BCUT2D eigenvalue weighted by molar-refractivity contribution is -0.255. The van der Waals surface area contributed by atoms with Gasteiger partial charge in [-0.3, -0.25) is 4.79 Å². The molecule has 0 saturated heterocycles. The summed E-state index contributed by atoms with van der Waals surface area (Å²) in [6, 6.07) is 11.3. The van der Waals surface area contributed by atoms with Crippen LogP contribution in [-0.4, -0.2) is 16.9 Å². The van der Waals surface area contributed by atoms with Gasteiger partial charge in [0.2, 0.25) is 0 Å². The van der Waals surface area contributed by atoms with Crippen molar-refractivity contribution in [2.45, 2.75) is 6.92 Å². The van der Waals surface area contributed by atoms with Gasteiger partial charge in [-0.25, -0.2) is 4.98 Å². The Hall–Kier alpha value is -2.73. The molecule has 1 N–H and O–H groups in total. The smallest absolute Gasteiger partial charge is 0.256 e. The second kappa shape index (κ2) is 5.57. The highest BCUT2D eigenvalue weighted by molar-refractivity contribution is 7.18. The monoisotopic (exact) mass is 311 g/mol. The van der Waals surface area contributed by atoms with Crippen molar-refractivity contribution < 1.29 is 14.7 Å². The Morgan fingerprint density at radius 3 is 2.59 bits per heavy atom. The number of hydrogen-bond donors (Lipinski definition) is 1. The number of anilines is 1. The predicted molar refractivity (Wildman–Crippen MR) is 83.1 cm³/mol. The standard InChI is InChI=1S/C16H12N2O3S/c1-9-17-13-7-6-10(8-14(13)22-9)18-15(19)11-4-2-3-5-12(11)16(20)21/h2-8H,1H3,(H,18,19)(H,20,21)/p-1. The highest BCUT2D eigenvalue weighted by atomic mass is 32.1. The molecular formula is C16H11N2O3S-. The first-order valence-electron chi connectivity index (χ1n) is 6.53. The number of benzene rings is 2. The molecule has 6 heteroatoms. The lowest BCUT2D eigenvalue weighted by Gasteiger charge is -2.10. The second-order valence-electron chi connectivity index (χ2n) is 4.70. The molecule has 0 aliphatic heterocycles. The average Bonchev–Trinajstić information content (AvgIpc) is 2.86. The maximum Gasteiger partial charge on any atom is 0.256 e. The molecule has 110 valence electrons. The van der Waals surface area contributed by atoms with E-state index in [1.54, 1.807) is 18.2 Å². The molecule has 0 bridgehead atoms. The number of carboxylic acid groups (broad SMARTS) is 1. The molecule has 0 unspecified atom stereocenters. The van der Waals surface area contributed by atoms with Gasteiger partial charge in [-0.05, 0) is 31.2 Å². The van der Waals surface area contributed by atoms with Crippen molar-refractivity contribution in [3.05, 3.63) is 58.6 Å². The molecular weight excluding hydrogens is 300 g/mol. The lowest BCUT2D eigenvalue weighted by Crippen LogP contribution is -2.26. The summed E-state index contributed by atoms with van der Waals surface area (Å²) < 4.78 is 0.962. The molecule has 0 aliphatic carbocycles. The van der Waals surface area contributed by atoms with Crippen LogP contribution in [-0.2, 0) is 0 Å². The number of nitrogens with zero attached hydrogens (tertiary/aromatic N) is 1. The number of thiazole rings is 1. The quantitative estimate of drug-likeness (QED) is 0.804. The van der Waals surface area contributed by atoms with Crippen LogP contribution in [0.1, 0.15) is 25.7 Å². The zero-order valence-corrected chi connectivity index (χ0v) is 12.4. The van der Waals surface area contributed by atoms with Gasteiger partial charge in [-0.1, -0.05) is 18.2 Å². The second-order valence-corrected chi connectivity index (χ2v) is 5.94. The van der Waals surface area contributed by atoms with Crippen molar-refractivity contribution in [1.29, 1.82) is 0 Å². The number of rotatable bonds is 3. The van der Waals surface area contributed by atoms with Crippen molar-refractivity contribution >= 4 is 39.1 Å². The summed E-state index contributed by atoms with van der Waals surface area (Å²) in [5.41, 5.74) is 1.41. The summed E-state index contributed by atoms with van der Waals surface area (Å²) in [6.45, 7) is 1.92. The van der Waals surface area contributed by atoms with Gasteiger partial charge in [0.15, 0.2) is 0 Å². The molecule has 3 aromatic rings. The fourth-order valence-electron chi connectivity index (χ4n) is 2.18. The third kappa shape index (κ3) is 2.68. The molecule has 1 amide bonds. The van der Waals surface area contributed by atoms with Crippen LogP contribution < -0.4 is 10.4 Å². The molecule has 1 aromatic heterocycles. The van der Waals surface area contributed by atoms with E-state index in [1.165, 1.54) is 23.5 Å². The van der Waals surface area contributed by atoms with E-state index in [1.807, 2.05) is 19.1 Å². The summed E-state index contributed by atoms with van der Waals surface area (Å²) >= 11 is 1.53. The number of fused-ring (bicyclic) bond motifs is 1. The van der Waals surface area contributed by atoms with Crippen LogP contribution in [0.15, 0.2) is 42.5 Å². The Bertz CT molecular complexity index is 886. The summed E-state index contributed by atoms with van der Waals surface area (Å²) in [4.78, 5) is 27.7. The number of aryl methyl sites for hydroxylation is 1. The first-order chi connectivity index (χ1) is 10.5. The third-order valence-electron chi connectivity index (χ3n) is 3.14. The Labute approximate surface area is 130 Å². The van der Waals surface area contributed by atoms with Crippen molar-refractivity contribution in [1.82, 2.24) is 4.98 Å². The van der Waals surface area contributed by atoms with Gasteiger partial charge >= 0.3 is 0 Å². The molecule has 22 heavy (non-hydrogen) atoms. The van der Waals surface area contributed by atoms with Gasteiger partial charge in [0.25, 0.3) is 5.91 Å². The lowest BCUT2D eigenvalue weighted by atomic mass is 10.1. The summed E-state index contributed by atoms with van der Waals surface area (Å²) in [5, 5.41) is 14.7. The van der Waals surface area contributed by atoms with Gasteiger partial charge < -0.3 is 15.2 Å². The van der Waals surface area contributed by atoms with Crippen LogP contribution in [0.2, 0.25) is 0 Å². The van der Waals surface area contributed by atoms with E-state index in [2.05, 4.69) is 10.3 Å². The Morgan fingerprint density at radius 1 is 1.14 bits per heavy atom. The normalized spacial score (nSPS) is 10.6. The molecule has 0 saturated carbocycles. The molecule has 3 rings (SSSR count). The minimum Gasteiger partial charge on any atom is -0.545 e. The van der Waals surface area contributed by atoms with Crippen LogP contribution in [0.25, 0.3) is 10.2 Å². The zero-order valence-electron chi connectivity index (χ0n) is 11.6. The summed E-state index contributed by atoms with van der Waals surface area (Å²) in [5.74, 6) is -1.86. The van der Waals surface area contributed by atoms with E-state index in [0.29, 0.717) is 5.69 Å². The molecule has 0 aliphatic rings. The van der Waals surface area contributed by atoms with Crippen molar-refractivity contribution in [2.24, 2.45) is 0 Å². The molecule has 1 heterocycles. The fourth-order valence-corrected chi connectivity index (χ4v) is 3.04. The number of hydrogen-bond acceptors (Lipinski definition) is 5. The molecule has 2 aromatic carbocycles. The Morgan fingerprint density at radius 2 is 1.86 bits per heavy atom. The number of aromatic carboxylic acids is 1. The molecule has 0 fully saturated rings. The van der Waals surface area contributed by atoms with E-state index >= 15 is 0 Å². The number of carbonyl (C=O) groups excluding carboxylic acids is 2. The van der Waals surface area contributed by atoms with Gasteiger partial charge in [-0.15, -0.1) is 11.3 Å². The Kier molecular flexibility index (Phi) is 3.60. The SMILES string of the molecule is Cc1nc2ccc(NC(=O)c3ccccc3C(=O)[O-])cc2s1. The number of amides is 1. The van der Waals surface area contributed by atoms with Gasteiger partial charge in [-0.2, -0.15) is 0 Å². The van der Waals surface area contributed by atoms with Crippen molar-refractivity contribution in [3.63, 3.8) is 0 Å². The van der Waals surface area contributed by atoms with Crippen LogP contribution in [0.3, 0.4) is 0 Å². The number of aromatic nitrogens is 1. The van der Waals surface area contributed by atoms with Crippen LogP contribution in [0.5, 0.6) is 0 Å². The maximum absolute atomic E-state index is 12.3. The summed E-state index contributed by atoms with van der Waals surface area (Å²) in [7, 11) is 0. The van der Waals surface area contributed by atoms with Gasteiger partial charge in [0, 0.05) is 16.8 Å². The number of nitrogens with one attached hydrogen (secondary N) is 1. The zero-order chi connectivity index (χ0) is 15.7. The van der Waals surface area contributed by atoms with E-state index < -0.39 is 11.9 Å². The first-order valence-corrected chi connectivity index (χ1v) is 7.35. The number of carboxylic acids is 1. The van der Waals surface area contributed by atoms with E-state index in [9.17, 15) is 14.7 Å². The fraction of sp³-hybridized carbons (Fsp3) is 0.0625. The van der Waals surface area contributed by atoms with E-state index in [-0.39, 0.29) is 11.1 Å². The maximum atomic E-state index is 12.3. The van der Waals surface area contributed by atoms with Crippen molar-refractivity contribution in [2.75, 3.05) is 5.32 Å². The predicted octanol–water partition coefficient (Wildman–Crippen LogP) is 2.22. The van der Waals surface area contributed by atoms with Crippen LogP contribution in [0, 0.1) is 6.92 Å². The topological polar surface area (TPSA) is 82.1 Å². The van der Waals surface area contributed by atoms with Gasteiger partial charge in [0.05, 0.1) is 21.2 Å². The van der Waals surface area contributed by atoms with Crippen LogP contribution in [0.4, 0.5) is 5.69 Å². The molecule has 0 spiro atoms. The minimum atomic E-state index is -1.38. The van der Waals surface area contributed by atoms with E-state index in [4.69, 9.17) is 0 Å². The average molecular weight is 311 g/mol. The van der Waals surface area contributed by atoms with Crippen molar-refractivity contribution in [3.8, 4) is 0 Å². The summed E-state index contributed by atoms with van der Waals surface area (Å²) in [6.07, 6.45) is 0. The number of carbonyl (C=O) groups is 2. The molecule has 5 nitrogen and oxygen atoms in total. The van der Waals surface area contributed by atoms with Crippen LogP contribution >= 0.6 is 11.3 Å². The third-order valence-corrected chi connectivity index (χ3v) is 4.08. The molecule has 0 atom stereocenters. The Balaban J connectivity index is 1.91. The first kappa shape index (κ1) is 14.2. The van der Waals surface area contributed by atoms with E-state index in [0.717, 1.165) is 15.2 Å². The largest absolute Gasteiger partial charge is 0.545 e. The van der Waals surface area contributed by atoms with Gasteiger partial charge in [0.1, 0.15) is 0 Å². The highest BCUT2D eigenvalue weighted by Crippen LogP contribution is 2.25. The minimum absolute atomic E-state index is 0.0723. The molecule has 0 radical (unpaired) electrons. The highest BCUT2D eigenvalue weighted by Gasteiger charge is 2.12.